The number of carboxylic acid groups (broad SMARTS) is 1. The molecule has 118 valence electrons. The minimum absolute atomic E-state index is 0.00634. The van der Waals surface area contributed by atoms with Gasteiger partial charge in [0.25, 0.3) is 0 Å². The third-order valence-corrected chi connectivity index (χ3v) is 4.31. The Bertz CT molecular complexity index is 482. The molecule has 0 saturated carbocycles. The number of hydrogen-bond donors (Lipinski definition) is 3. The van der Waals surface area contributed by atoms with E-state index in [9.17, 15) is 9.59 Å². The Kier molecular flexibility index (Phi) is 6.61. The van der Waals surface area contributed by atoms with Gasteiger partial charge in [-0.25, -0.2) is 9.78 Å². The monoisotopic (exact) mass is 313 g/mol. The van der Waals surface area contributed by atoms with Crippen LogP contribution in [0.4, 0.5) is 9.93 Å². The fourth-order valence-electron chi connectivity index (χ4n) is 1.81. The number of nitrogens with zero attached hydrogens (tertiary/aromatic N) is 1. The van der Waals surface area contributed by atoms with Crippen molar-refractivity contribution in [2.75, 3.05) is 5.32 Å². The second kappa shape index (κ2) is 7.97. The standard InChI is InChI=1S/C14H23N3O3S/c1-8(12(18)19)6-5-7-9(2)15-13(20)17-14-16-10(3)11(4)21-14/h8-9H,5-7H2,1-4H3,(H,18,19)(H2,15,16,17,20). The quantitative estimate of drug-likeness (QED) is 0.721. The summed E-state index contributed by atoms with van der Waals surface area (Å²) in [7, 11) is 0. The van der Waals surface area contributed by atoms with Crippen LogP contribution >= 0.6 is 11.3 Å². The first kappa shape index (κ1) is 17.4. The summed E-state index contributed by atoms with van der Waals surface area (Å²) < 4.78 is 0. The lowest BCUT2D eigenvalue weighted by Crippen LogP contribution is -2.36. The highest BCUT2D eigenvalue weighted by Gasteiger charge is 2.13. The van der Waals surface area contributed by atoms with Crippen molar-refractivity contribution < 1.29 is 14.7 Å². The van der Waals surface area contributed by atoms with E-state index < -0.39 is 5.97 Å². The van der Waals surface area contributed by atoms with Gasteiger partial charge in [0.1, 0.15) is 0 Å². The summed E-state index contributed by atoms with van der Waals surface area (Å²) in [5, 5.41) is 14.9. The molecule has 1 heterocycles. The summed E-state index contributed by atoms with van der Waals surface area (Å²) in [5.41, 5.74) is 0.922. The van der Waals surface area contributed by atoms with Gasteiger partial charge in [-0.15, -0.1) is 11.3 Å². The smallest absolute Gasteiger partial charge is 0.321 e. The number of thiazole rings is 1. The van der Waals surface area contributed by atoms with Gasteiger partial charge in [-0.05, 0) is 33.6 Å². The van der Waals surface area contributed by atoms with Crippen LogP contribution in [0.5, 0.6) is 0 Å². The lowest BCUT2D eigenvalue weighted by Gasteiger charge is -2.14. The summed E-state index contributed by atoms with van der Waals surface area (Å²) in [6, 6.07) is -0.282. The number of carbonyl (C=O) groups is 2. The Morgan fingerprint density at radius 3 is 2.48 bits per heavy atom. The molecule has 0 aromatic carbocycles. The fourth-order valence-corrected chi connectivity index (χ4v) is 2.62. The first-order valence-electron chi connectivity index (χ1n) is 7.04. The number of hydrogen-bond acceptors (Lipinski definition) is 4. The molecular weight excluding hydrogens is 290 g/mol. The van der Waals surface area contributed by atoms with E-state index in [1.54, 1.807) is 6.92 Å². The Morgan fingerprint density at radius 2 is 1.95 bits per heavy atom. The maximum absolute atomic E-state index is 11.8. The lowest BCUT2D eigenvalue weighted by molar-refractivity contribution is -0.141. The van der Waals surface area contributed by atoms with Gasteiger partial charge in [0.15, 0.2) is 5.13 Å². The molecule has 7 heteroatoms. The number of aryl methyl sites for hydroxylation is 2. The van der Waals surface area contributed by atoms with Crippen molar-refractivity contribution in [2.24, 2.45) is 5.92 Å². The van der Waals surface area contributed by atoms with Crippen molar-refractivity contribution in [2.45, 2.75) is 53.0 Å². The molecule has 6 nitrogen and oxygen atoms in total. The Balaban J connectivity index is 2.29. The molecule has 2 unspecified atom stereocenters. The number of anilines is 1. The van der Waals surface area contributed by atoms with Crippen LogP contribution < -0.4 is 10.6 Å². The van der Waals surface area contributed by atoms with E-state index in [1.165, 1.54) is 11.3 Å². The van der Waals surface area contributed by atoms with Gasteiger partial charge in [-0.1, -0.05) is 13.3 Å². The number of carbonyl (C=O) groups excluding carboxylic acids is 1. The molecule has 0 aliphatic rings. The third kappa shape index (κ3) is 6.12. The summed E-state index contributed by atoms with van der Waals surface area (Å²) in [6.45, 7) is 7.47. The molecule has 2 amide bonds. The van der Waals surface area contributed by atoms with Crippen LogP contribution in [0.3, 0.4) is 0 Å². The molecule has 3 N–H and O–H groups in total. The molecule has 0 radical (unpaired) electrons. The van der Waals surface area contributed by atoms with Gasteiger partial charge in [-0.3, -0.25) is 10.1 Å². The van der Waals surface area contributed by atoms with Gasteiger partial charge < -0.3 is 10.4 Å². The molecule has 0 aliphatic carbocycles. The molecule has 0 bridgehead atoms. The van der Waals surface area contributed by atoms with Crippen molar-refractivity contribution in [1.82, 2.24) is 10.3 Å². The number of aliphatic carboxylic acids is 1. The maximum atomic E-state index is 11.8. The SMILES string of the molecule is Cc1nc(NC(=O)NC(C)CCCC(C)C(=O)O)sc1C. The second-order valence-electron chi connectivity index (χ2n) is 5.33. The third-order valence-electron chi connectivity index (χ3n) is 3.32. The van der Waals surface area contributed by atoms with Crippen molar-refractivity contribution >= 4 is 28.5 Å². The van der Waals surface area contributed by atoms with E-state index in [2.05, 4.69) is 15.6 Å². The fraction of sp³-hybridized carbons (Fsp3) is 0.643. The first-order chi connectivity index (χ1) is 9.79. The van der Waals surface area contributed by atoms with Gasteiger partial charge in [0.05, 0.1) is 11.6 Å². The van der Waals surface area contributed by atoms with Gasteiger partial charge in [0, 0.05) is 10.9 Å². The zero-order valence-electron chi connectivity index (χ0n) is 12.9. The highest BCUT2D eigenvalue weighted by molar-refractivity contribution is 7.15. The van der Waals surface area contributed by atoms with E-state index in [1.807, 2.05) is 20.8 Å². The first-order valence-corrected chi connectivity index (χ1v) is 7.85. The molecule has 0 aliphatic heterocycles. The van der Waals surface area contributed by atoms with Crippen LogP contribution in [0, 0.1) is 19.8 Å². The van der Waals surface area contributed by atoms with Crippen LogP contribution in [-0.2, 0) is 4.79 Å². The van der Waals surface area contributed by atoms with Crippen molar-refractivity contribution in [3.63, 3.8) is 0 Å². The predicted molar refractivity (Wildman–Crippen MR) is 83.9 cm³/mol. The number of amides is 2. The highest BCUT2D eigenvalue weighted by atomic mass is 32.1. The molecule has 0 spiro atoms. The highest BCUT2D eigenvalue weighted by Crippen LogP contribution is 2.20. The summed E-state index contributed by atoms with van der Waals surface area (Å²) in [5.74, 6) is -1.12. The Morgan fingerprint density at radius 1 is 1.29 bits per heavy atom. The molecule has 21 heavy (non-hydrogen) atoms. The predicted octanol–water partition coefficient (Wildman–Crippen LogP) is 3.16. The molecule has 1 aromatic heterocycles. The van der Waals surface area contributed by atoms with Crippen LogP contribution in [0.2, 0.25) is 0 Å². The van der Waals surface area contributed by atoms with E-state index in [4.69, 9.17) is 5.11 Å². The molecule has 1 rings (SSSR count). The van der Waals surface area contributed by atoms with Gasteiger partial charge >= 0.3 is 12.0 Å². The van der Waals surface area contributed by atoms with Gasteiger partial charge in [-0.2, -0.15) is 0 Å². The number of aromatic nitrogens is 1. The summed E-state index contributed by atoms with van der Waals surface area (Å²) in [6.07, 6.45) is 2.14. The summed E-state index contributed by atoms with van der Waals surface area (Å²) >= 11 is 1.45. The van der Waals surface area contributed by atoms with Gasteiger partial charge in [0.2, 0.25) is 0 Å². The van der Waals surface area contributed by atoms with Crippen molar-refractivity contribution in [3.8, 4) is 0 Å². The number of nitrogens with one attached hydrogen (secondary N) is 2. The average molecular weight is 313 g/mol. The second-order valence-corrected chi connectivity index (χ2v) is 6.53. The van der Waals surface area contributed by atoms with Crippen LogP contribution in [0.1, 0.15) is 43.7 Å². The van der Waals surface area contributed by atoms with Crippen LogP contribution in [0.15, 0.2) is 0 Å². The molecule has 0 saturated heterocycles. The normalized spacial score (nSPS) is 13.5. The van der Waals surface area contributed by atoms with Crippen LogP contribution in [-0.4, -0.2) is 28.1 Å². The minimum atomic E-state index is -0.775. The van der Waals surface area contributed by atoms with Crippen molar-refractivity contribution in [1.29, 1.82) is 0 Å². The largest absolute Gasteiger partial charge is 0.481 e. The Labute approximate surface area is 129 Å². The van der Waals surface area contributed by atoms with Crippen LogP contribution in [0.25, 0.3) is 0 Å². The molecular formula is C14H23N3O3S. The number of rotatable bonds is 7. The zero-order valence-corrected chi connectivity index (χ0v) is 13.7. The topological polar surface area (TPSA) is 91.3 Å². The summed E-state index contributed by atoms with van der Waals surface area (Å²) in [4.78, 5) is 27.8. The average Bonchev–Trinajstić information content (AvgIpc) is 2.67. The minimum Gasteiger partial charge on any atom is -0.481 e. The van der Waals surface area contributed by atoms with Crippen molar-refractivity contribution in [3.05, 3.63) is 10.6 Å². The Hall–Kier alpha value is -1.63. The number of carboxylic acids is 1. The van der Waals surface area contributed by atoms with E-state index >= 15 is 0 Å². The maximum Gasteiger partial charge on any atom is 0.321 e. The number of urea groups is 1. The van der Waals surface area contributed by atoms with E-state index in [-0.39, 0.29) is 18.0 Å². The van der Waals surface area contributed by atoms with E-state index in [0.717, 1.165) is 23.4 Å². The van der Waals surface area contributed by atoms with E-state index in [0.29, 0.717) is 11.6 Å². The molecule has 0 fully saturated rings. The lowest BCUT2D eigenvalue weighted by atomic mass is 10.0. The zero-order chi connectivity index (χ0) is 16.0. The molecule has 1 aromatic rings. The molecule has 2 atom stereocenters.